The Balaban J connectivity index is 1.41. The number of anilines is 1. The zero-order chi connectivity index (χ0) is 25.1. The van der Waals surface area contributed by atoms with Crippen molar-refractivity contribution in [3.63, 3.8) is 0 Å². The predicted molar refractivity (Wildman–Crippen MR) is 134 cm³/mol. The highest BCUT2D eigenvalue weighted by Gasteiger charge is 2.26. The average Bonchev–Trinajstić information content (AvgIpc) is 3.41. The summed E-state index contributed by atoms with van der Waals surface area (Å²) in [5.74, 6) is 1.36. The quantitative estimate of drug-likeness (QED) is 0.402. The van der Waals surface area contributed by atoms with Crippen LogP contribution in [0.3, 0.4) is 0 Å². The number of rotatable bonds is 8. The monoisotopic (exact) mass is 535 g/mol. The number of nitrogens with zero attached hydrogens (tertiary/aromatic N) is 3. The number of carbonyl (C=O) groups excluding carboxylic acids is 2. The summed E-state index contributed by atoms with van der Waals surface area (Å²) in [6.07, 6.45) is 0. The number of carbonyl (C=O) groups is 2. The minimum Gasteiger partial charge on any atom is -0.454 e. The van der Waals surface area contributed by atoms with Crippen LogP contribution in [0.2, 0.25) is 10.0 Å². The van der Waals surface area contributed by atoms with Gasteiger partial charge in [0, 0.05) is 28.3 Å². The van der Waals surface area contributed by atoms with Gasteiger partial charge in [0.1, 0.15) is 0 Å². The van der Waals surface area contributed by atoms with Gasteiger partial charge in [-0.1, -0.05) is 48.8 Å². The van der Waals surface area contributed by atoms with Crippen LogP contribution in [0.4, 0.5) is 5.69 Å². The van der Waals surface area contributed by atoms with Gasteiger partial charge in [0.2, 0.25) is 12.7 Å². The van der Waals surface area contributed by atoms with E-state index in [1.807, 2.05) is 13.8 Å². The van der Waals surface area contributed by atoms with Crippen molar-refractivity contribution in [2.45, 2.75) is 25.0 Å². The van der Waals surface area contributed by atoms with Crippen LogP contribution < -0.4 is 20.1 Å². The molecule has 9 nitrogen and oxygen atoms in total. The number of aromatic nitrogens is 3. The Morgan fingerprint density at radius 1 is 1.09 bits per heavy atom. The maximum Gasteiger partial charge on any atom is 0.252 e. The van der Waals surface area contributed by atoms with Gasteiger partial charge in [-0.15, -0.1) is 10.2 Å². The molecule has 1 aromatic heterocycles. The molecule has 1 aliphatic heterocycles. The first kappa shape index (κ1) is 25.2. The van der Waals surface area contributed by atoms with E-state index in [4.69, 9.17) is 32.7 Å². The van der Waals surface area contributed by atoms with Crippen molar-refractivity contribution in [1.82, 2.24) is 20.1 Å². The SMILES string of the molecule is CC(C)C(NC(=O)c1ccc2c(c1)OCO2)c1nnc(SCC(=O)Nc2cc(Cl)cc(Cl)c2)n1C. The molecule has 0 spiro atoms. The van der Waals surface area contributed by atoms with Gasteiger partial charge in [0.15, 0.2) is 22.5 Å². The molecule has 12 heteroatoms. The van der Waals surface area contributed by atoms with Crippen molar-refractivity contribution in [2.24, 2.45) is 13.0 Å². The number of fused-ring (bicyclic) bond motifs is 1. The molecule has 2 amide bonds. The topological polar surface area (TPSA) is 107 Å². The average molecular weight is 536 g/mol. The number of halogens is 2. The second-order valence-corrected chi connectivity index (χ2v) is 9.97. The Hall–Kier alpha value is -2.95. The van der Waals surface area contributed by atoms with E-state index < -0.39 is 6.04 Å². The van der Waals surface area contributed by atoms with Gasteiger partial charge in [0.05, 0.1) is 11.8 Å². The van der Waals surface area contributed by atoms with E-state index in [0.717, 1.165) is 0 Å². The summed E-state index contributed by atoms with van der Waals surface area (Å²) in [7, 11) is 1.80. The van der Waals surface area contributed by atoms with Crippen molar-refractivity contribution < 1.29 is 19.1 Å². The molecule has 2 aromatic carbocycles. The fraction of sp³-hybridized carbons (Fsp3) is 0.304. The number of nitrogens with one attached hydrogen (secondary N) is 2. The summed E-state index contributed by atoms with van der Waals surface area (Å²) < 4.78 is 12.4. The van der Waals surface area contributed by atoms with Gasteiger partial charge in [-0.05, 0) is 42.3 Å². The van der Waals surface area contributed by atoms with Crippen molar-refractivity contribution in [3.05, 3.63) is 57.8 Å². The molecule has 0 saturated heterocycles. The predicted octanol–water partition coefficient (Wildman–Crippen LogP) is 4.71. The lowest BCUT2D eigenvalue weighted by Gasteiger charge is -2.21. The highest BCUT2D eigenvalue weighted by atomic mass is 35.5. The lowest BCUT2D eigenvalue weighted by Crippen LogP contribution is -2.33. The molecule has 0 radical (unpaired) electrons. The molecule has 184 valence electrons. The molecule has 4 rings (SSSR count). The Morgan fingerprint density at radius 2 is 1.80 bits per heavy atom. The smallest absolute Gasteiger partial charge is 0.252 e. The van der Waals surface area contributed by atoms with E-state index in [1.165, 1.54) is 11.8 Å². The summed E-state index contributed by atoms with van der Waals surface area (Å²) in [6, 6.07) is 9.47. The maximum absolute atomic E-state index is 12.9. The van der Waals surface area contributed by atoms with Gasteiger partial charge < -0.3 is 24.7 Å². The summed E-state index contributed by atoms with van der Waals surface area (Å²) in [5, 5.41) is 15.7. The Morgan fingerprint density at radius 3 is 2.51 bits per heavy atom. The Labute approximate surface area is 216 Å². The van der Waals surface area contributed by atoms with Gasteiger partial charge in [0.25, 0.3) is 5.91 Å². The molecule has 0 saturated carbocycles. The molecule has 0 aliphatic carbocycles. The maximum atomic E-state index is 12.9. The second kappa shape index (κ2) is 10.8. The van der Waals surface area contributed by atoms with Gasteiger partial charge in [-0.25, -0.2) is 0 Å². The van der Waals surface area contributed by atoms with Crippen molar-refractivity contribution in [2.75, 3.05) is 17.9 Å². The Bertz CT molecular complexity index is 1250. The lowest BCUT2D eigenvalue weighted by molar-refractivity contribution is -0.113. The number of amides is 2. The Kier molecular flexibility index (Phi) is 7.73. The molecule has 0 bridgehead atoms. The first-order valence-electron chi connectivity index (χ1n) is 10.7. The van der Waals surface area contributed by atoms with E-state index >= 15 is 0 Å². The van der Waals surface area contributed by atoms with Gasteiger partial charge >= 0.3 is 0 Å². The lowest BCUT2D eigenvalue weighted by atomic mass is 10.0. The summed E-state index contributed by atoms with van der Waals surface area (Å²) in [6.45, 7) is 4.10. The highest BCUT2D eigenvalue weighted by Crippen LogP contribution is 2.33. The molecule has 2 heterocycles. The first-order valence-corrected chi connectivity index (χ1v) is 12.4. The van der Waals surface area contributed by atoms with Crippen LogP contribution in [0.1, 0.15) is 36.1 Å². The van der Waals surface area contributed by atoms with Crippen molar-refractivity contribution >= 4 is 52.5 Å². The number of thioether (sulfide) groups is 1. The zero-order valence-corrected chi connectivity index (χ0v) is 21.5. The van der Waals surface area contributed by atoms with Crippen LogP contribution in [-0.2, 0) is 11.8 Å². The van der Waals surface area contributed by atoms with E-state index in [-0.39, 0.29) is 30.3 Å². The molecule has 35 heavy (non-hydrogen) atoms. The van der Waals surface area contributed by atoms with Gasteiger partial charge in [-0.3, -0.25) is 9.59 Å². The third kappa shape index (κ3) is 6.01. The highest BCUT2D eigenvalue weighted by molar-refractivity contribution is 7.99. The van der Waals surface area contributed by atoms with E-state index in [9.17, 15) is 9.59 Å². The largest absolute Gasteiger partial charge is 0.454 e. The van der Waals surface area contributed by atoms with Crippen LogP contribution in [0.15, 0.2) is 41.6 Å². The van der Waals surface area contributed by atoms with Crippen LogP contribution in [0.25, 0.3) is 0 Å². The molecule has 2 N–H and O–H groups in total. The molecule has 0 fully saturated rings. The molecule has 1 aliphatic rings. The number of ether oxygens (including phenoxy) is 2. The minimum atomic E-state index is -0.401. The zero-order valence-electron chi connectivity index (χ0n) is 19.2. The van der Waals surface area contributed by atoms with Crippen LogP contribution in [-0.4, -0.2) is 39.1 Å². The third-order valence-electron chi connectivity index (χ3n) is 5.21. The second-order valence-electron chi connectivity index (χ2n) is 8.16. The molecule has 1 unspecified atom stereocenters. The molecule has 1 atom stereocenters. The molecular formula is C23H23Cl2N5O4S. The normalized spacial score (nSPS) is 13.1. The number of benzene rings is 2. The molecule has 3 aromatic rings. The van der Waals surface area contributed by atoms with Gasteiger partial charge in [-0.2, -0.15) is 0 Å². The summed E-state index contributed by atoms with van der Waals surface area (Å²) >= 11 is 13.2. The van der Waals surface area contributed by atoms with E-state index in [1.54, 1.807) is 48.0 Å². The van der Waals surface area contributed by atoms with Crippen LogP contribution >= 0.6 is 35.0 Å². The fourth-order valence-corrected chi connectivity index (χ4v) is 4.71. The summed E-state index contributed by atoms with van der Waals surface area (Å²) in [5.41, 5.74) is 0.965. The number of hydrogen-bond acceptors (Lipinski definition) is 7. The van der Waals surface area contributed by atoms with E-state index in [0.29, 0.717) is 43.8 Å². The van der Waals surface area contributed by atoms with Crippen LogP contribution in [0.5, 0.6) is 11.5 Å². The first-order chi connectivity index (χ1) is 16.7. The fourth-order valence-electron chi connectivity index (χ4n) is 3.47. The van der Waals surface area contributed by atoms with Crippen LogP contribution in [0, 0.1) is 5.92 Å². The van der Waals surface area contributed by atoms with E-state index in [2.05, 4.69) is 20.8 Å². The number of hydrogen-bond donors (Lipinski definition) is 2. The molecular weight excluding hydrogens is 513 g/mol. The van der Waals surface area contributed by atoms with Crippen molar-refractivity contribution in [1.29, 1.82) is 0 Å². The third-order valence-corrected chi connectivity index (χ3v) is 6.67. The minimum absolute atomic E-state index is 0.0320. The summed E-state index contributed by atoms with van der Waals surface area (Å²) in [4.78, 5) is 25.3. The standard InChI is InChI=1S/C23H23Cl2N5O4S/c1-12(2)20(27-22(32)13-4-5-17-18(6-13)34-11-33-17)21-28-29-23(30(21)3)35-10-19(31)26-16-8-14(24)7-15(25)9-16/h4-9,12,20H,10-11H2,1-3H3,(H,26,31)(H,27,32). The van der Waals surface area contributed by atoms with Crippen molar-refractivity contribution in [3.8, 4) is 11.5 Å².